The van der Waals surface area contributed by atoms with Crippen LogP contribution in [0.25, 0.3) is 5.69 Å². The van der Waals surface area contributed by atoms with Crippen LogP contribution >= 0.6 is 11.6 Å². The van der Waals surface area contributed by atoms with E-state index in [1.807, 2.05) is 0 Å². The number of hydrogen-bond acceptors (Lipinski definition) is 6. The highest BCUT2D eigenvalue weighted by atomic mass is 35.5. The van der Waals surface area contributed by atoms with Crippen molar-refractivity contribution in [3.8, 4) is 17.3 Å². The van der Waals surface area contributed by atoms with E-state index in [0.717, 1.165) is 10.7 Å². The fraction of sp³-hybridized carbons (Fsp3) is 0.150. The Morgan fingerprint density at radius 2 is 1.90 bits per heavy atom. The number of amides is 1. The number of aromatic hydroxyl groups is 1. The van der Waals surface area contributed by atoms with E-state index in [2.05, 4.69) is 10.4 Å². The molecule has 9 nitrogen and oxygen atoms in total. The number of aliphatic hydroxyl groups is 1. The predicted molar refractivity (Wildman–Crippen MR) is 107 cm³/mol. The van der Waals surface area contributed by atoms with Crippen molar-refractivity contribution < 1.29 is 29.6 Å². The zero-order chi connectivity index (χ0) is 21.8. The Bertz CT molecular complexity index is 1080. The van der Waals surface area contributed by atoms with Gasteiger partial charge in [0, 0.05) is 16.7 Å². The summed E-state index contributed by atoms with van der Waals surface area (Å²) in [5.74, 6) is -2.37. The lowest BCUT2D eigenvalue weighted by atomic mass is 10.00. The molecule has 10 heteroatoms. The molecule has 0 unspecified atom stereocenters. The number of carboxylic acids is 1. The third-order valence-electron chi connectivity index (χ3n) is 4.31. The van der Waals surface area contributed by atoms with Gasteiger partial charge in [-0.1, -0.05) is 35.9 Å². The first kappa shape index (κ1) is 21.2. The van der Waals surface area contributed by atoms with Gasteiger partial charge >= 0.3 is 5.97 Å². The number of rotatable bonds is 7. The van der Waals surface area contributed by atoms with Gasteiger partial charge in [0.2, 0.25) is 5.88 Å². The molecule has 0 fully saturated rings. The van der Waals surface area contributed by atoms with Gasteiger partial charge in [0.05, 0.1) is 18.8 Å². The van der Waals surface area contributed by atoms with E-state index in [0.29, 0.717) is 10.7 Å². The second kappa shape index (κ2) is 8.85. The maximum atomic E-state index is 12.7. The molecule has 4 N–H and O–H groups in total. The number of carboxylic acid groups (broad SMARTS) is 1. The van der Waals surface area contributed by atoms with Crippen LogP contribution in [0.15, 0.2) is 54.6 Å². The van der Waals surface area contributed by atoms with Crippen molar-refractivity contribution >= 4 is 23.5 Å². The summed E-state index contributed by atoms with van der Waals surface area (Å²) in [5, 5.41) is 36.5. The second-order valence-electron chi connectivity index (χ2n) is 6.26. The van der Waals surface area contributed by atoms with E-state index < -0.39 is 24.0 Å². The van der Waals surface area contributed by atoms with E-state index in [-0.39, 0.29) is 22.9 Å². The third-order valence-corrected chi connectivity index (χ3v) is 4.54. The molecule has 1 heterocycles. The van der Waals surface area contributed by atoms with Gasteiger partial charge in [0.1, 0.15) is 5.75 Å². The number of aliphatic hydroxyl groups excluding tert-OH is 1. The Morgan fingerprint density at radius 3 is 2.57 bits per heavy atom. The monoisotopic (exact) mass is 431 g/mol. The number of benzene rings is 2. The molecule has 156 valence electrons. The van der Waals surface area contributed by atoms with Gasteiger partial charge in [0.25, 0.3) is 5.91 Å². The summed E-state index contributed by atoms with van der Waals surface area (Å²) in [6, 6.07) is 12.6. The Hall–Kier alpha value is -3.56. The van der Waals surface area contributed by atoms with E-state index >= 15 is 0 Å². The summed E-state index contributed by atoms with van der Waals surface area (Å²) in [4.78, 5) is 24.1. The van der Waals surface area contributed by atoms with Crippen LogP contribution in [-0.2, 0) is 4.79 Å². The maximum absolute atomic E-state index is 12.7. The standard InChI is InChI=1S/C20H18ClN3O6/c1-30-15-8-3-2-7-13(15)17(18(26)20(28)29)22-19(27)14-10-16(25)24(23-14)12-6-4-5-11(21)9-12/h2-10,17-18,25-26H,1H3,(H,22,27)(H,28,29)/t17-,18-/m1/s1. The molecule has 0 saturated carbocycles. The molecule has 2 atom stereocenters. The average Bonchev–Trinajstić information content (AvgIpc) is 3.13. The molecule has 3 rings (SSSR count). The van der Waals surface area contributed by atoms with Crippen molar-refractivity contribution in [3.63, 3.8) is 0 Å². The van der Waals surface area contributed by atoms with Crippen LogP contribution in [0, 0.1) is 0 Å². The summed E-state index contributed by atoms with van der Waals surface area (Å²) < 4.78 is 6.31. The van der Waals surface area contributed by atoms with Crippen LogP contribution in [0.5, 0.6) is 11.6 Å². The van der Waals surface area contributed by atoms with Crippen molar-refractivity contribution in [2.45, 2.75) is 12.1 Å². The molecule has 0 bridgehead atoms. The average molecular weight is 432 g/mol. The van der Waals surface area contributed by atoms with Crippen molar-refractivity contribution in [3.05, 3.63) is 70.9 Å². The number of halogens is 1. The molecule has 0 radical (unpaired) electrons. The normalized spacial score (nSPS) is 12.8. The molecule has 2 aromatic carbocycles. The van der Waals surface area contributed by atoms with Crippen molar-refractivity contribution in [1.82, 2.24) is 15.1 Å². The van der Waals surface area contributed by atoms with Crippen molar-refractivity contribution in [2.75, 3.05) is 7.11 Å². The fourth-order valence-corrected chi connectivity index (χ4v) is 3.07. The molecule has 0 aliphatic rings. The summed E-state index contributed by atoms with van der Waals surface area (Å²) in [7, 11) is 1.38. The number of methoxy groups -OCH3 is 1. The summed E-state index contributed by atoms with van der Waals surface area (Å²) >= 11 is 5.95. The van der Waals surface area contributed by atoms with Crippen LogP contribution in [0.1, 0.15) is 22.1 Å². The van der Waals surface area contributed by atoms with Crippen molar-refractivity contribution in [2.24, 2.45) is 0 Å². The minimum Gasteiger partial charge on any atom is -0.496 e. The number of nitrogens with zero attached hydrogens (tertiary/aromatic N) is 2. The Kier molecular flexibility index (Phi) is 6.24. The van der Waals surface area contributed by atoms with E-state index in [4.69, 9.17) is 16.3 Å². The van der Waals surface area contributed by atoms with Gasteiger partial charge in [-0.15, -0.1) is 0 Å². The van der Waals surface area contributed by atoms with Crippen LogP contribution in [0.3, 0.4) is 0 Å². The van der Waals surface area contributed by atoms with Gasteiger partial charge in [-0.2, -0.15) is 5.10 Å². The minimum absolute atomic E-state index is 0.190. The highest BCUT2D eigenvalue weighted by Gasteiger charge is 2.32. The minimum atomic E-state index is -1.95. The molecule has 0 aliphatic carbocycles. The second-order valence-corrected chi connectivity index (χ2v) is 6.69. The Morgan fingerprint density at radius 1 is 1.17 bits per heavy atom. The number of aromatic nitrogens is 2. The first-order valence-corrected chi connectivity index (χ1v) is 9.09. The van der Waals surface area contributed by atoms with E-state index in [1.165, 1.54) is 13.2 Å². The zero-order valence-electron chi connectivity index (χ0n) is 15.7. The zero-order valence-corrected chi connectivity index (χ0v) is 16.4. The predicted octanol–water partition coefficient (Wildman–Crippen LogP) is 2.16. The maximum Gasteiger partial charge on any atom is 0.335 e. The number of hydrogen-bond donors (Lipinski definition) is 4. The Balaban J connectivity index is 1.93. The van der Waals surface area contributed by atoms with Gasteiger partial charge in [0.15, 0.2) is 11.8 Å². The third kappa shape index (κ3) is 4.37. The molecule has 30 heavy (non-hydrogen) atoms. The molecule has 0 aliphatic heterocycles. The lowest BCUT2D eigenvalue weighted by Gasteiger charge is -2.23. The molecule has 0 spiro atoms. The van der Waals surface area contributed by atoms with E-state index in [9.17, 15) is 24.9 Å². The number of para-hydroxylation sites is 1. The summed E-state index contributed by atoms with van der Waals surface area (Å²) in [5.41, 5.74) is 0.498. The number of carbonyl (C=O) groups excluding carboxylic acids is 1. The van der Waals surface area contributed by atoms with Gasteiger partial charge in [-0.3, -0.25) is 4.79 Å². The van der Waals surface area contributed by atoms with Gasteiger partial charge < -0.3 is 25.4 Å². The number of aliphatic carboxylic acids is 1. The molecular weight excluding hydrogens is 414 g/mol. The summed E-state index contributed by atoms with van der Waals surface area (Å²) in [6.45, 7) is 0. The topological polar surface area (TPSA) is 134 Å². The molecular formula is C20H18ClN3O6. The lowest BCUT2D eigenvalue weighted by molar-refractivity contribution is -0.148. The van der Waals surface area contributed by atoms with Crippen LogP contribution < -0.4 is 10.1 Å². The highest BCUT2D eigenvalue weighted by Crippen LogP contribution is 2.28. The molecule has 1 amide bonds. The SMILES string of the molecule is COc1ccccc1[C@@H](NC(=O)c1cc(O)n(-c2cccc(Cl)c2)n1)[C@@H](O)C(=O)O. The van der Waals surface area contributed by atoms with E-state index in [1.54, 1.807) is 42.5 Å². The molecule has 1 aromatic heterocycles. The Labute approximate surface area is 176 Å². The quantitative estimate of drug-likeness (QED) is 0.450. The van der Waals surface area contributed by atoms with Gasteiger partial charge in [-0.25, -0.2) is 9.48 Å². The highest BCUT2D eigenvalue weighted by molar-refractivity contribution is 6.30. The molecule has 0 saturated heterocycles. The number of nitrogens with one attached hydrogen (secondary N) is 1. The van der Waals surface area contributed by atoms with Crippen LogP contribution in [0.4, 0.5) is 0 Å². The molecule has 3 aromatic rings. The number of carbonyl (C=O) groups is 2. The lowest BCUT2D eigenvalue weighted by Crippen LogP contribution is -2.40. The van der Waals surface area contributed by atoms with Gasteiger partial charge in [-0.05, 0) is 24.3 Å². The van der Waals surface area contributed by atoms with Crippen LogP contribution in [0.2, 0.25) is 5.02 Å². The largest absolute Gasteiger partial charge is 0.496 e. The first-order chi connectivity index (χ1) is 14.3. The first-order valence-electron chi connectivity index (χ1n) is 8.71. The number of ether oxygens (including phenoxy) is 1. The van der Waals surface area contributed by atoms with Crippen molar-refractivity contribution in [1.29, 1.82) is 0 Å². The smallest absolute Gasteiger partial charge is 0.335 e. The fourth-order valence-electron chi connectivity index (χ4n) is 2.89. The van der Waals surface area contributed by atoms with Crippen LogP contribution in [-0.4, -0.2) is 50.2 Å². The summed E-state index contributed by atoms with van der Waals surface area (Å²) in [6.07, 6.45) is -1.95.